The Morgan fingerprint density at radius 2 is 1.97 bits per heavy atom. The average molecular weight is 550 g/mol. The summed E-state index contributed by atoms with van der Waals surface area (Å²) < 4.78 is 35.6. The summed E-state index contributed by atoms with van der Waals surface area (Å²) in [6.07, 6.45) is 3.20. The molecule has 3 N–H and O–H groups in total. The van der Waals surface area contributed by atoms with Crippen LogP contribution in [0.15, 0.2) is 47.2 Å². The van der Waals surface area contributed by atoms with Crippen molar-refractivity contribution in [3.63, 3.8) is 0 Å². The quantitative estimate of drug-likeness (QED) is 0.180. The van der Waals surface area contributed by atoms with Crippen LogP contribution in [0.2, 0.25) is 0 Å². The number of hydrogen-bond acceptors (Lipinski definition) is 12. The molecule has 16 heteroatoms. The minimum absolute atomic E-state index is 0.000478. The fourth-order valence-corrected chi connectivity index (χ4v) is 4.32. The lowest BCUT2D eigenvalue weighted by atomic mass is 10.1. The number of nitro groups is 1. The van der Waals surface area contributed by atoms with Gasteiger partial charge in [-0.2, -0.15) is 0 Å². The number of amides is 1. The van der Waals surface area contributed by atoms with Gasteiger partial charge < -0.3 is 19.4 Å². The third-order valence-electron chi connectivity index (χ3n) is 5.20. The molecular weight excluding hydrogens is 522 g/mol. The Morgan fingerprint density at radius 3 is 2.53 bits per heavy atom. The highest BCUT2D eigenvalue weighted by molar-refractivity contribution is 7.91. The molecule has 1 atom stereocenters. The first-order chi connectivity index (χ1) is 17.8. The average Bonchev–Trinajstić information content (AvgIpc) is 3.35. The summed E-state index contributed by atoms with van der Waals surface area (Å²) in [6, 6.07) is 4.62. The molecule has 0 saturated carbocycles. The molecule has 15 nitrogen and oxygen atoms in total. The standard InChI is InChI=1S/C22H27N7O8S/c1-5-36-18(31)12-16-19(29(32)33)21(28(23)22(26-16)38(4,34)35)37-15-9-13(10-17(30)27(2)3)8-14(11-15)20-24-6-7-25-20/h6-9,11,22H,5,10,12,23H2,1-4H3,(H,24,25). The molecule has 1 aliphatic heterocycles. The number of ether oxygens (including phenoxy) is 2. The summed E-state index contributed by atoms with van der Waals surface area (Å²) in [6.45, 7) is 1.55. The number of nitrogens with one attached hydrogen (secondary N) is 1. The lowest BCUT2D eigenvalue weighted by Crippen LogP contribution is -2.50. The van der Waals surface area contributed by atoms with Crippen molar-refractivity contribution in [2.24, 2.45) is 10.8 Å². The van der Waals surface area contributed by atoms with Crippen molar-refractivity contribution in [1.29, 1.82) is 0 Å². The van der Waals surface area contributed by atoms with Gasteiger partial charge in [0, 0.05) is 38.3 Å². The zero-order valence-electron chi connectivity index (χ0n) is 21.1. The van der Waals surface area contributed by atoms with Gasteiger partial charge in [0.05, 0.1) is 24.4 Å². The van der Waals surface area contributed by atoms with Crippen LogP contribution >= 0.6 is 0 Å². The molecule has 204 valence electrons. The van der Waals surface area contributed by atoms with Crippen molar-refractivity contribution < 1.29 is 32.4 Å². The van der Waals surface area contributed by atoms with Gasteiger partial charge in [0.1, 0.15) is 17.3 Å². The fraction of sp³-hybridized carbons (Fsp3) is 0.364. The first kappa shape index (κ1) is 28.3. The maximum Gasteiger partial charge on any atom is 0.352 e. The number of sulfone groups is 1. The number of nitrogens with two attached hydrogens (primary N) is 1. The number of imidazole rings is 1. The summed E-state index contributed by atoms with van der Waals surface area (Å²) in [7, 11) is -0.865. The number of carbonyl (C=O) groups excluding carboxylic acids is 2. The maximum atomic E-state index is 12.4. The number of esters is 1. The molecule has 2 heterocycles. The van der Waals surface area contributed by atoms with Crippen LogP contribution < -0.4 is 10.6 Å². The molecule has 3 rings (SSSR count). The summed E-state index contributed by atoms with van der Waals surface area (Å²) in [5.74, 6) is 4.66. The highest BCUT2D eigenvalue weighted by atomic mass is 32.2. The molecule has 38 heavy (non-hydrogen) atoms. The number of likely N-dealkylation sites (N-methyl/N-ethyl adjacent to an activating group) is 1. The molecule has 0 bridgehead atoms. The van der Waals surface area contributed by atoms with Crippen molar-refractivity contribution in [2.75, 3.05) is 27.0 Å². The van der Waals surface area contributed by atoms with E-state index in [1.54, 1.807) is 33.3 Å². The Morgan fingerprint density at radius 1 is 1.26 bits per heavy atom. The largest absolute Gasteiger partial charge is 0.466 e. The van der Waals surface area contributed by atoms with Crippen LogP contribution in [0.4, 0.5) is 0 Å². The van der Waals surface area contributed by atoms with Crippen LogP contribution in [-0.2, 0) is 30.6 Å². The Labute approximate surface area is 218 Å². The van der Waals surface area contributed by atoms with E-state index in [2.05, 4.69) is 15.0 Å². The fourth-order valence-electron chi connectivity index (χ4n) is 3.49. The highest BCUT2D eigenvalue weighted by Crippen LogP contribution is 2.30. The monoisotopic (exact) mass is 549 g/mol. The minimum atomic E-state index is -4.05. The summed E-state index contributed by atoms with van der Waals surface area (Å²) in [5.41, 5.74) is -2.14. The van der Waals surface area contributed by atoms with E-state index in [4.69, 9.17) is 15.3 Å². The van der Waals surface area contributed by atoms with Crippen LogP contribution in [0.3, 0.4) is 0 Å². The Balaban J connectivity index is 2.16. The summed E-state index contributed by atoms with van der Waals surface area (Å²) >= 11 is 0. The van der Waals surface area contributed by atoms with Gasteiger partial charge in [-0.05, 0) is 30.7 Å². The zero-order chi connectivity index (χ0) is 28.2. The van der Waals surface area contributed by atoms with E-state index >= 15 is 0 Å². The molecule has 1 aromatic carbocycles. The first-order valence-corrected chi connectivity index (χ1v) is 13.1. The minimum Gasteiger partial charge on any atom is -0.466 e. The van der Waals surface area contributed by atoms with E-state index in [0.717, 1.165) is 6.26 Å². The Kier molecular flexibility index (Phi) is 8.47. The predicted octanol–water partition coefficient (Wildman–Crippen LogP) is 0.444. The molecule has 1 aliphatic rings. The Hall–Kier alpha value is -4.31. The van der Waals surface area contributed by atoms with Gasteiger partial charge >= 0.3 is 11.7 Å². The number of aliphatic imine (C=N–C) groups is 1. The second-order valence-corrected chi connectivity index (χ2v) is 10.5. The van der Waals surface area contributed by atoms with Crippen molar-refractivity contribution in [3.8, 4) is 17.1 Å². The number of hydrazine groups is 1. The second-order valence-electron chi connectivity index (χ2n) is 8.40. The van der Waals surface area contributed by atoms with Gasteiger partial charge in [0.25, 0.3) is 5.88 Å². The molecule has 2 aromatic rings. The molecule has 0 fully saturated rings. The van der Waals surface area contributed by atoms with Gasteiger partial charge in [-0.25, -0.2) is 29.2 Å². The molecular formula is C22H27N7O8S. The Bertz CT molecular complexity index is 1400. The second kappa shape index (κ2) is 11.4. The third kappa shape index (κ3) is 6.51. The van der Waals surface area contributed by atoms with E-state index in [-0.39, 0.29) is 24.7 Å². The van der Waals surface area contributed by atoms with E-state index in [0.29, 0.717) is 22.0 Å². The number of nitrogens with zero attached hydrogens (tertiary/aromatic N) is 5. The van der Waals surface area contributed by atoms with Crippen LogP contribution in [0, 0.1) is 10.1 Å². The van der Waals surface area contributed by atoms with Gasteiger partial charge in [-0.3, -0.25) is 19.7 Å². The van der Waals surface area contributed by atoms with E-state index in [1.165, 1.54) is 23.2 Å². The smallest absolute Gasteiger partial charge is 0.352 e. The normalized spacial score (nSPS) is 15.7. The van der Waals surface area contributed by atoms with Crippen molar-refractivity contribution >= 4 is 27.4 Å². The molecule has 0 saturated heterocycles. The molecule has 1 amide bonds. The van der Waals surface area contributed by atoms with Gasteiger partial charge in [-0.1, -0.05) is 0 Å². The van der Waals surface area contributed by atoms with Crippen molar-refractivity contribution in [1.82, 2.24) is 19.9 Å². The van der Waals surface area contributed by atoms with E-state index in [9.17, 15) is 28.1 Å². The van der Waals surface area contributed by atoms with Crippen LogP contribution in [0.1, 0.15) is 18.9 Å². The first-order valence-electron chi connectivity index (χ1n) is 11.2. The number of H-pyrrole nitrogens is 1. The lowest BCUT2D eigenvalue weighted by Gasteiger charge is -2.30. The van der Waals surface area contributed by atoms with Crippen molar-refractivity contribution in [2.45, 2.75) is 25.3 Å². The number of aromatic amines is 1. The lowest BCUT2D eigenvalue weighted by molar-refractivity contribution is -0.419. The van der Waals surface area contributed by atoms with Crippen molar-refractivity contribution in [3.05, 3.63) is 57.9 Å². The number of rotatable bonds is 10. The number of allylic oxidation sites excluding steroid dienone is 1. The number of carbonyl (C=O) groups is 2. The van der Waals surface area contributed by atoms with E-state index in [1.807, 2.05) is 0 Å². The SMILES string of the molecule is CCOC(=O)CC1=NC(S(C)(=O)=O)N(N)C(Oc2cc(CC(=O)N(C)C)cc(-c3ncc[nH]3)c2)=C1[N+](=O)[O-]. The maximum absolute atomic E-state index is 12.4. The number of benzene rings is 1. The van der Waals surface area contributed by atoms with Gasteiger partial charge in [-0.15, -0.1) is 0 Å². The number of aromatic nitrogens is 2. The molecule has 0 radical (unpaired) electrons. The molecule has 0 aliphatic carbocycles. The van der Waals surface area contributed by atoms with Gasteiger partial charge in [0.2, 0.25) is 11.4 Å². The molecule has 1 aromatic heterocycles. The number of hydrogen-bond donors (Lipinski definition) is 2. The highest BCUT2D eigenvalue weighted by Gasteiger charge is 2.43. The van der Waals surface area contributed by atoms with E-state index < -0.39 is 49.9 Å². The molecule has 0 spiro atoms. The third-order valence-corrected chi connectivity index (χ3v) is 6.30. The predicted molar refractivity (Wildman–Crippen MR) is 134 cm³/mol. The molecule has 1 unspecified atom stereocenters. The van der Waals surface area contributed by atoms with Crippen LogP contribution in [-0.4, -0.2) is 83.3 Å². The van der Waals surface area contributed by atoms with Crippen LogP contribution in [0.25, 0.3) is 11.4 Å². The zero-order valence-corrected chi connectivity index (χ0v) is 21.9. The van der Waals surface area contributed by atoms with Crippen LogP contribution in [0.5, 0.6) is 5.75 Å². The van der Waals surface area contributed by atoms with Gasteiger partial charge in [0.15, 0.2) is 9.84 Å². The summed E-state index contributed by atoms with van der Waals surface area (Å²) in [5, 5.41) is 12.6. The topological polar surface area (TPSA) is 203 Å². The summed E-state index contributed by atoms with van der Waals surface area (Å²) in [4.78, 5) is 48.1.